The van der Waals surface area contributed by atoms with Gasteiger partial charge in [-0.15, -0.1) is 0 Å². The molecule has 1 aromatic heterocycles. The van der Waals surface area contributed by atoms with Crippen molar-refractivity contribution < 1.29 is 0 Å². The van der Waals surface area contributed by atoms with Crippen molar-refractivity contribution in [2.75, 3.05) is 0 Å². The van der Waals surface area contributed by atoms with Crippen LogP contribution in [0.4, 0.5) is 0 Å². The molecule has 0 unspecified atom stereocenters. The minimum Gasteiger partial charge on any atom is -0.308 e. The predicted molar refractivity (Wildman–Crippen MR) is 66.3 cm³/mol. The lowest BCUT2D eigenvalue weighted by Gasteiger charge is -2.06. The van der Waals surface area contributed by atoms with Crippen molar-refractivity contribution in [2.45, 2.75) is 6.54 Å². The Labute approximate surface area is 103 Å². The number of hydrogen-bond acceptors (Lipinski definition) is 1. The van der Waals surface area contributed by atoms with Crippen LogP contribution in [0.2, 0.25) is 10.0 Å². The fraction of sp³-hybridized carbons (Fsp3) is 0.0833. The molecule has 82 valence electrons. The third-order valence-electron chi connectivity index (χ3n) is 2.20. The molecular weight excluding hydrogens is 245 g/mol. The van der Waals surface area contributed by atoms with Gasteiger partial charge in [-0.25, -0.2) is 0 Å². The van der Waals surface area contributed by atoms with Crippen molar-refractivity contribution in [1.82, 2.24) is 4.57 Å². The average Bonchev–Trinajstić information content (AvgIpc) is 2.27. The monoisotopic (exact) mass is 253 g/mol. The second-order valence-corrected chi connectivity index (χ2v) is 4.27. The number of halogens is 2. The Morgan fingerprint density at radius 1 is 1.12 bits per heavy atom. The topological polar surface area (TPSA) is 22.0 Å². The summed E-state index contributed by atoms with van der Waals surface area (Å²) in [6.45, 7) is 0.472. The van der Waals surface area contributed by atoms with Crippen LogP contribution in [0, 0.1) is 0 Å². The molecule has 4 heteroatoms. The molecule has 2 rings (SSSR count). The maximum atomic E-state index is 11.7. The summed E-state index contributed by atoms with van der Waals surface area (Å²) < 4.78 is 1.50. The van der Waals surface area contributed by atoms with E-state index >= 15 is 0 Å². The van der Waals surface area contributed by atoms with E-state index in [2.05, 4.69) is 0 Å². The molecular formula is C12H9Cl2NO. The summed E-state index contributed by atoms with van der Waals surface area (Å²) in [4.78, 5) is 11.7. The van der Waals surface area contributed by atoms with Crippen molar-refractivity contribution >= 4 is 23.2 Å². The molecule has 0 aliphatic rings. The number of pyridine rings is 1. The standard InChI is InChI=1S/C12H9Cl2NO/c13-10-6-11(14)12(16)15(8-10)7-9-4-2-1-3-5-9/h1-6,8H,7H2. The molecule has 1 aromatic carbocycles. The van der Waals surface area contributed by atoms with Gasteiger partial charge in [0.2, 0.25) is 0 Å². The molecule has 0 saturated heterocycles. The van der Waals surface area contributed by atoms with Gasteiger partial charge in [0, 0.05) is 6.20 Å². The number of rotatable bonds is 2. The molecule has 2 nitrogen and oxygen atoms in total. The maximum absolute atomic E-state index is 11.7. The summed E-state index contributed by atoms with van der Waals surface area (Å²) in [6, 6.07) is 11.1. The van der Waals surface area contributed by atoms with Crippen LogP contribution in [0.15, 0.2) is 47.4 Å². The van der Waals surface area contributed by atoms with Gasteiger partial charge in [-0.2, -0.15) is 0 Å². The van der Waals surface area contributed by atoms with Gasteiger partial charge in [0.15, 0.2) is 0 Å². The Kier molecular flexibility index (Phi) is 3.32. The molecule has 0 saturated carbocycles. The zero-order valence-corrected chi connectivity index (χ0v) is 9.87. The van der Waals surface area contributed by atoms with Crippen molar-refractivity contribution in [3.63, 3.8) is 0 Å². The first kappa shape index (κ1) is 11.2. The van der Waals surface area contributed by atoms with E-state index in [1.807, 2.05) is 30.3 Å². The Balaban J connectivity index is 2.39. The molecule has 0 bridgehead atoms. The normalized spacial score (nSPS) is 10.4. The number of benzene rings is 1. The van der Waals surface area contributed by atoms with Crippen molar-refractivity contribution in [2.24, 2.45) is 0 Å². The van der Waals surface area contributed by atoms with Crippen LogP contribution in [0.3, 0.4) is 0 Å². The Morgan fingerprint density at radius 2 is 1.81 bits per heavy atom. The SMILES string of the molecule is O=c1c(Cl)cc(Cl)cn1Cc1ccccc1. The minimum atomic E-state index is -0.227. The zero-order chi connectivity index (χ0) is 11.5. The number of hydrogen-bond donors (Lipinski definition) is 0. The van der Waals surface area contributed by atoms with Gasteiger partial charge in [-0.05, 0) is 11.6 Å². The molecule has 1 heterocycles. The average molecular weight is 254 g/mol. The van der Waals surface area contributed by atoms with Crippen LogP contribution in [0.5, 0.6) is 0 Å². The highest BCUT2D eigenvalue weighted by Crippen LogP contribution is 2.12. The van der Waals surface area contributed by atoms with Crippen molar-refractivity contribution in [3.05, 3.63) is 68.6 Å². The van der Waals surface area contributed by atoms with Crippen molar-refractivity contribution in [3.8, 4) is 0 Å². The highest BCUT2D eigenvalue weighted by Gasteiger charge is 2.03. The lowest BCUT2D eigenvalue weighted by atomic mass is 10.2. The summed E-state index contributed by atoms with van der Waals surface area (Å²) in [6.07, 6.45) is 1.59. The third-order valence-corrected chi connectivity index (χ3v) is 2.68. The Hall–Kier alpha value is -1.25. The molecule has 0 spiro atoms. The number of aromatic nitrogens is 1. The maximum Gasteiger partial charge on any atom is 0.269 e. The van der Waals surface area contributed by atoms with Gasteiger partial charge >= 0.3 is 0 Å². The molecule has 0 aliphatic carbocycles. The van der Waals surface area contributed by atoms with E-state index < -0.39 is 0 Å². The second kappa shape index (κ2) is 4.73. The summed E-state index contributed by atoms with van der Waals surface area (Å²) in [5, 5.41) is 0.601. The van der Waals surface area contributed by atoms with E-state index in [1.54, 1.807) is 6.20 Å². The molecule has 0 aliphatic heterocycles. The minimum absolute atomic E-state index is 0.142. The summed E-state index contributed by atoms with van der Waals surface area (Å²) in [5.41, 5.74) is 0.804. The van der Waals surface area contributed by atoms with E-state index in [4.69, 9.17) is 23.2 Å². The van der Waals surface area contributed by atoms with E-state index in [0.29, 0.717) is 11.6 Å². The van der Waals surface area contributed by atoms with Gasteiger partial charge in [0.1, 0.15) is 5.02 Å². The van der Waals surface area contributed by atoms with Crippen LogP contribution in [-0.4, -0.2) is 4.57 Å². The highest BCUT2D eigenvalue weighted by molar-refractivity contribution is 6.34. The predicted octanol–water partition coefficient (Wildman–Crippen LogP) is 3.20. The van der Waals surface area contributed by atoms with Gasteiger partial charge in [0.25, 0.3) is 5.56 Å². The Bertz CT molecular complexity index is 549. The third kappa shape index (κ3) is 2.46. The van der Waals surface area contributed by atoms with Gasteiger partial charge < -0.3 is 4.57 Å². The van der Waals surface area contributed by atoms with E-state index in [1.165, 1.54) is 10.6 Å². The van der Waals surface area contributed by atoms with Crippen molar-refractivity contribution in [1.29, 1.82) is 0 Å². The molecule has 0 N–H and O–H groups in total. The Morgan fingerprint density at radius 3 is 2.50 bits per heavy atom. The first-order valence-electron chi connectivity index (χ1n) is 4.76. The lowest BCUT2D eigenvalue weighted by molar-refractivity contribution is 0.760. The van der Waals surface area contributed by atoms with Crippen LogP contribution >= 0.6 is 23.2 Å². The van der Waals surface area contributed by atoms with E-state index in [9.17, 15) is 4.79 Å². The lowest BCUT2D eigenvalue weighted by Crippen LogP contribution is -2.20. The van der Waals surface area contributed by atoms with E-state index in [0.717, 1.165) is 5.56 Å². The summed E-state index contributed by atoms with van der Waals surface area (Å²) in [7, 11) is 0. The van der Waals surface area contributed by atoms with Gasteiger partial charge in [0.05, 0.1) is 11.6 Å². The van der Waals surface area contributed by atoms with Crippen LogP contribution in [0.1, 0.15) is 5.56 Å². The van der Waals surface area contributed by atoms with Gasteiger partial charge in [-0.1, -0.05) is 53.5 Å². The van der Waals surface area contributed by atoms with Gasteiger partial charge in [-0.3, -0.25) is 4.79 Å². The first-order valence-corrected chi connectivity index (χ1v) is 5.52. The van der Waals surface area contributed by atoms with Crippen LogP contribution in [0.25, 0.3) is 0 Å². The van der Waals surface area contributed by atoms with E-state index in [-0.39, 0.29) is 10.6 Å². The summed E-state index contributed by atoms with van der Waals surface area (Å²) >= 11 is 11.6. The largest absolute Gasteiger partial charge is 0.308 e. The second-order valence-electron chi connectivity index (χ2n) is 3.42. The zero-order valence-electron chi connectivity index (χ0n) is 8.36. The summed E-state index contributed by atoms with van der Waals surface area (Å²) in [5.74, 6) is 0. The quantitative estimate of drug-likeness (QED) is 0.806. The molecule has 0 atom stereocenters. The number of nitrogens with zero attached hydrogens (tertiary/aromatic N) is 1. The highest BCUT2D eigenvalue weighted by atomic mass is 35.5. The fourth-order valence-corrected chi connectivity index (χ4v) is 1.97. The molecule has 16 heavy (non-hydrogen) atoms. The smallest absolute Gasteiger partial charge is 0.269 e. The van der Waals surface area contributed by atoms with Crippen LogP contribution < -0.4 is 5.56 Å². The molecule has 2 aromatic rings. The first-order chi connectivity index (χ1) is 7.66. The fourth-order valence-electron chi connectivity index (χ4n) is 1.46. The molecule has 0 fully saturated rings. The van der Waals surface area contributed by atoms with Crippen LogP contribution in [-0.2, 0) is 6.54 Å². The molecule has 0 radical (unpaired) electrons. The molecule has 0 amide bonds.